The van der Waals surface area contributed by atoms with E-state index in [4.69, 9.17) is 28.7 Å². The molecule has 4 atom stereocenters. The third-order valence-corrected chi connectivity index (χ3v) is 11.0. The molecule has 0 saturated carbocycles. The van der Waals surface area contributed by atoms with Gasteiger partial charge in [0.05, 0.1) is 25.4 Å². The smallest absolute Gasteiger partial charge is 0.466 e. The topological polar surface area (TPSA) is 188 Å². The van der Waals surface area contributed by atoms with E-state index in [0.29, 0.717) is 25.7 Å². The molecule has 1 heterocycles. The number of allylic oxidation sites excluding steroid dienone is 1. The summed E-state index contributed by atoms with van der Waals surface area (Å²) in [6.07, 6.45) is 22.5. The lowest BCUT2D eigenvalue weighted by molar-refractivity contribution is -0.161. The number of esters is 2. The van der Waals surface area contributed by atoms with E-state index in [0.717, 1.165) is 101 Å². The lowest BCUT2D eigenvalue weighted by Crippen LogP contribution is -2.29. The van der Waals surface area contributed by atoms with Gasteiger partial charge in [0.1, 0.15) is 18.1 Å². The zero-order valence-corrected chi connectivity index (χ0v) is 36.2. The maximum absolute atomic E-state index is 12.6. The van der Waals surface area contributed by atoms with Crippen LogP contribution in [0.25, 0.3) is 0 Å². The highest BCUT2D eigenvalue weighted by Gasteiger charge is 2.26. The Hall–Kier alpha value is -2.05. The predicted molar refractivity (Wildman–Crippen MR) is 221 cm³/mol. The van der Waals surface area contributed by atoms with Gasteiger partial charge in [-0.1, -0.05) is 103 Å². The van der Waals surface area contributed by atoms with Gasteiger partial charge in [-0.15, -0.1) is 0 Å². The standard InChI is InChI=1S/C43H78NO11P/c1-5-7-8-9-15-20-26-38(45)39(46)27-21-16-14-19-24-30-43(48)54-37(34-53-56(49,50)52-32-31-44)33-51-42(47)29-23-18-13-11-10-12-17-22-28-41-36(4)35(3)40(55-41)25-6-2/h15,20,37-39,45-46H,5-14,16-19,21-34,44H2,1-4H3,(H,49,50)/b20-15-/t37-,38+,39+/m1/s1. The third-order valence-electron chi connectivity index (χ3n) is 10.0. The molecule has 5 N–H and O–H groups in total. The summed E-state index contributed by atoms with van der Waals surface area (Å²) in [7, 11) is -4.43. The van der Waals surface area contributed by atoms with Crippen LogP contribution in [0.4, 0.5) is 0 Å². The van der Waals surface area contributed by atoms with Crippen LogP contribution in [-0.4, -0.2) is 71.7 Å². The minimum absolute atomic E-state index is 0.0230. The summed E-state index contributed by atoms with van der Waals surface area (Å²) >= 11 is 0. The van der Waals surface area contributed by atoms with Crippen molar-refractivity contribution in [3.8, 4) is 0 Å². The first-order chi connectivity index (χ1) is 26.9. The molecule has 0 aliphatic heterocycles. The monoisotopic (exact) mass is 816 g/mol. The number of unbranched alkanes of at least 4 members (excludes halogenated alkanes) is 14. The van der Waals surface area contributed by atoms with Gasteiger partial charge in [0.25, 0.3) is 0 Å². The number of aryl methyl sites for hydroxylation is 2. The number of ether oxygens (including phenoxy) is 2. The number of furan rings is 1. The summed E-state index contributed by atoms with van der Waals surface area (Å²) in [5, 5.41) is 20.4. The summed E-state index contributed by atoms with van der Waals surface area (Å²) < 4.78 is 38.8. The van der Waals surface area contributed by atoms with E-state index in [1.807, 2.05) is 6.08 Å². The summed E-state index contributed by atoms with van der Waals surface area (Å²) in [5.74, 6) is 1.32. The third kappa shape index (κ3) is 26.1. The molecule has 326 valence electrons. The lowest BCUT2D eigenvalue weighted by Gasteiger charge is -2.20. The first kappa shape index (κ1) is 52.0. The molecule has 1 rings (SSSR count). The number of phosphoric ester groups is 1. The number of hydrogen-bond donors (Lipinski definition) is 4. The molecule has 0 radical (unpaired) electrons. The molecule has 0 aromatic carbocycles. The Kier molecular flexibility index (Phi) is 30.5. The normalized spacial score (nSPS) is 14.5. The Morgan fingerprint density at radius 2 is 1.30 bits per heavy atom. The van der Waals surface area contributed by atoms with Gasteiger partial charge in [-0.3, -0.25) is 18.6 Å². The number of nitrogens with two attached hydrogens (primary N) is 1. The average molecular weight is 816 g/mol. The van der Waals surface area contributed by atoms with Crippen molar-refractivity contribution in [1.29, 1.82) is 0 Å². The highest BCUT2D eigenvalue weighted by molar-refractivity contribution is 7.47. The average Bonchev–Trinajstić information content (AvgIpc) is 3.44. The van der Waals surface area contributed by atoms with Gasteiger partial charge in [0.15, 0.2) is 6.10 Å². The zero-order chi connectivity index (χ0) is 41.4. The van der Waals surface area contributed by atoms with Crippen LogP contribution < -0.4 is 5.73 Å². The van der Waals surface area contributed by atoms with Crippen molar-refractivity contribution in [1.82, 2.24) is 0 Å². The van der Waals surface area contributed by atoms with Crippen molar-refractivity contribution >= 4 is 19.8 Å². The van der Waals surface area contributed by atoms with Crippen molar-refractivity contribution in [2.75, 3.05) is 26.4 Å². The molecule has 0 aliphatic rings. The molecular weight excluding hydrogens is 737 g/mol. The van der Waals surface area contributed by atoms with Crippen LogP contribution in [0.2, 0.25) is 0 Å². The van der Waals surface area contributed by atoms with Gasteiger partial charge in [-0.25, -0.2) is 4.57 Å². The first-order valence-electron chi connectivity index (χ1n) is 21.7. The van der Waals surface area contributed by atoms with Gasteiger partial charge >= 0.3 is 19.8 Å². The minimum Gasteiger partial charge on any atom is -0.466 e. The van der Waals surface area contributed by atoms with Crippen molar-refractivity contribution in [3.05, 3.63) is 34.8 Å². The first-order valence-corrected chi connectivity index (χ1v) is 23.2. The molecule has 0 bridgehead atoms. The highest BCUT2D eigenvalue weighted by Crippen LogP contribution is 2.43. The number of rotatable bonds is 37. The maximum Gasteiger partial charge on any atom is 0.472 e. The van der Waals surface area contributed by atoms with Crippen molar-refractivity contribution in [2.45, 2.75) is 200 Å². The number of carbonyl (C=O) groups excluding carboxylic acids is 2. The molecule has 12 nitrogen and oxygen atoms in total. The van der Waals surface area contributed by atoms with Gasteiger partial charge in [0.2, 0.25) is 0 Å². The van der Waals surface area contributed by atoms with Gasteiger partial charge in [-0.05, 0) is 76.3 Å². The SMILES string of the molecule is CCCCC/C=C\C[C@H](O)[C@@H](O)CCCCCCCC(=O)O[C@H](COC(=O)CCCCCCCCCCc1oc(CCC)c(C)c1C)COP(=O)(O)OCCN. The largest absolute Gasteiger partial charge is 0.472 e. The van der Waals surface area contributed by atoms with E-state index >= 15 is 0 Å². The van der Waals surface area contributed by atoms with E-state index in [1.165, 1.54) is 36.8 Å². The number of hydrogen-bond acceptors (Lipinski definition) is 11. The molecule has 0 spiro atoms. The van der Waals surface area contributed by atoms with E-state index in [-0.39, 0.29) is 32.6 Å². The highest BCUT2D eigenvalue weighted by atomic mass is 31.2. The van der Waals surface area contributed by atoms with Crippen molar-refractivity contribution in [2.24, 2.45) is 5.73 Å². The van der Waals surface area contributed by atoms with Crippen LogP contribution in [-0.2, 0) is 45.5 Å². The van der Waals surface area contributed by atoms with Crippen LogP contribution in [0, 0.1) is 13.8 Å². The molecule has 1 aromatic rings. The van der Waals surface area contributed by atoms with Crippen LogP contribution in [0.1, 0.15) is 178 Å². The summed E-state index contributed by atoms with van der Waals surface area (Å²) in [6.45, 7) is 7.70. The van der Waals surface area contributed by atoms with Gasteiger partial charge in [-0.2, -0.15) is 0 Å². The second-order valence-corrected chi connectivity index (χ2v) is 16.6. The van der Waals surface area contributed by atoms with E-state index < -0.39 is 44.7 Å². The molecule has 1 aromatic heterocycles. The zero-order valence-electron chi connectivity index (χ0n) is 35.3. The Labute approximate surface area is 338 Å². The summed E-state index contributed by atoms with van der Waals surface area (Å²) in [4.78, 5) is 35.0. The fourth-order valence-electron chi connectivity index (χ4n) is 6.41. The number of aliphatic hydroxyl groups excluding tert-OH is 2. The Morgan fingerprint density at radius 1 is 0.714 bits per heavy atom. The Bertz CT molecular complexity index is 1240. The molecule has 0 aliphatic carbocycles. The second-order valence-electron chi connectivity index (χ2n) is 15.1. The van der Waals surface area contributed by atoms with Crippen molar-refractivity contribution < 1.29 is 52.2 Å². The molecule has 0 saturated heterocycles. The number of phosphoric acid groups is 1. The van der Waals surface area contributed by atoms with Crippen molar-refractivity contribution in [3.63, 3.8) is 0 Å². The number of carbonyl (C=O) groups is 2. The quantitative estimate of drug-likeness (QED) is 0.0216. The van der Waals surface area contributed by atoms with Crippen LogP contribution in [0.5, 0.6) is 0 Å². The minimum atomic E-state index is -4.43. The van der Waals surface area contributed by atoms with Gasteiger partial charge < -0.3 is 34.7 Å². The Morgan fingerprint density at radius 3 is 1.93 bits per heavy atom. The molecule has 0 amide bonds. The summed E-state index contributed by atoms with van der Waals surface area (Å²) in [5.41, 5.74) is 7.95. The molecule has 0 fully saturated rings. The van der Waals surface area contributed by atoms with E-state index in [9.17, 15) is 29.3 Å². The van der Waals surface area contributed by atoms with E-state index in [1.54, 1.807) is 0 Å². The molecule has 1 unspecified atom stereocenters. The second kappa shape index (κ2) is 32.9. The summed E-state index contributed by atoms with van der Waals surface area (Å²) in [6, 6.07) is 0. The molecule has 56 heavy (non-hydrogen) atoms. The van der Waals surface area contributed by atoms with Crippen LogP contribution >= 0.6 is 7.82 Å². The maximum atomic E-state index is 12.6. The fraction of sp³-hybridized carbons (Fsp3) is 0.814. The van der Waals surface area contributed by atoms with E-state index in [2.05, 4.69) is 33.8 Å². The lowest BCUT2D eigenvalue weighted by atomic mass is 10.0. The number of aliphatic hydroxyl groups is 2. The Balaban J connectivity index is 2.29. The van der Waals surface area contributed by atoms with Gasteiger partial charge in [0, 0.05) is 32.2 Å². The van der Waals surface area contributed by atoms with Crippen LogP contribution in [0.15, 0.2) is 16.6 Å². The van der Waals surface area contributed by atoms with Crippen LogP contribution in [0.3, 0.4) is 0 Å². The molecular formula is C43H78NO11P. The predicted octanol–water partition coefficient (Wildman–Crippen LogP) is 9.43. The fourth-order valence-corrected chi connectivity index (χ4v) is 7.18. The molecule has 13 heteroatoms.